The molecule has 0 spiro atoms. The number of benzene rings is 1. The van der Waals surface area contributed by atoms with Crippen molar-refractivity contribution in [1.29, 1.82) is 0 Å². The lowest BCUT2D eigenvalue weighted by molar-refractivity contribution is 0.0415. The number of hydrogen-bond donors (Lipinski definition) is 5. The summed E-state index contributed by atoms with van der Waals surface area (Å²) in [5.74, 6) is -0.696. The van der Waals surface area contributed by atoms with Gasteiger partial charge in [0.25, 0.3) is 6.43 Å². The fourth-order valence-electron chi connectivity index (χ4n) is 3.21. The topological polar surface area (TPSA) is 141 Å². The molecule has 5 N–H and O–H groups in total. The van der Waals surface area contributed by atoms with E-state index < -0.39 is 42.6 Å². The summed E-state index contributed by atoms with van der Waals surface area (Å²) >= 11 is 0. The van der Waals surface area contributed by atoms with Crippen LogP contribution < -0.4 is 16.0 Å². The third-order valence-electron chi connectivity index (χ3n) is 4.60. The number of carbonyl (C=O) groups is 2. The van der Waals surface area contributed by atoms with E-state index in [0.717, 1.165) is 4.68 Å². The monoisotopic (exact) mass is 466 g/mol. The van der Waals surface area contributed by atoms with Crippen LogP contribution in [0.2, 0.25) is 0 Å². The fourth-order valence-corrected chi connectivity index (χ4v) is 3.21. The number of nitrogens with one attached hydrogen (secondary N) is 3. The van der Waals surface area contributed by atoms with E-state index in [0.29, 0.717) is 5.56 Å². The molecule has 2 aromatic heterocycles. The largest absolute Gasteiger partial charge is 0.465 e. The molecule has 2 heterocycles. The van der Waals surface area contributed by atoms with Gasteiger partial charge < -0.3 is 15.5 Å². The van der Waals surface area contributed by atoms with Gasteiger partial charge in [-0.25, -0.2) is 27.7 Å². The van der Waals surface area contributed by atoms with Crippen molar-refractivity contribution < 1.29 is 33.0 Å². The first-order chi connectivity index (χ1) is 15.4. The van der Waals surface area contributed by atoms with Gasteiger partial charge in [-0.2, -0.15) is 5.10 Å². The van der Waals surface area contributed by atoms with Crippen molar-refractivity contribution >= 4 is 34.7 Å². The van der Waals surface area contributed by atoms with Gasteiger partial charge in [-0.05, 0) is 31.5 Å². The van der Waals surface area contributed by atoms with E-state index in [2.05, 4.69) is 20.7 Å². The standard InChI is InChI=1S/C20H21F3N6O4/c1-20(2,33)16(10-3-5-11(21)6-4-10)26-18(30)25-15-7-13-12(8-24-15)17(27-19(31)32)28-29(13)9-14(22)23/h3-8,14,16,33H,9H2,1-2H3,(H,27,28)(H,31,32)(H2,24,25,26,30)/t16-/m0/s1. The first kappa shape index (κ1) is 23.8. The number of pyridine rings is 1. The zero-order chi connectivity index (χ0) is 24.3. The average Bonchev–Trinajstić information content (AvgIpc) is 3.01. The van der Waals surface area contributed by atoms with Gasteiger partial charge in [-0.3, -0.25) is 15.3 Å². The molecule has 0 bridgehead atoms. The maximum atomic E-state index is 13.2. The third-order valence-corrected chi connectivity index (χ3v) is 4.60. The van der Waals surface area contributed by atoms with Gasteiger partial charge in [0.2, 0.25) is 0 Å². The Hall–Kier alpha value is -3.87. The number of alkyl halides is 2. The van der Waals surface area contributed by atoms with Gasteiger partial charge in [0.05, 0.1) is 22.5 Å². The summed E-state index contributed by atoms with van der Waals surface area (Å²) in [7, 11) is 0. The molecule has 3 aromatic rings. The molecule has 0 aliphatic heterocycles. The van der Waals surface area contributed by atoms with Crippen LogP contribution in [0.4, 0.5) is 34.4 Å². The van der Waals surface area contributed by atoms with Crippen LogP contribution in [-0.2, 0) is 6.54 Å². The van der Waals surface area contributed by atoms with Crippen molar-refractivity contribution in [3.63, 3.8) is 0 Å². The summed E-state index contributed by atoms with van der Waals surface area (Å²) in [5.41, 5.74) is -0.858. The van der Waals surface area contributed by atoms with E-state index in [1.54, 1.807) is 0 Å². The van der Waals surface area contributed by atoms with Gasteiger partial charge >= 0.3 is 12.1 Å². The van der Waals surface area contributed by atoms with Gasteiger partial charge in [0.15, 0.2) is 5.82 Å². The number of nitrogens with zero attached hydrogens (tertiary/aromatic N) is 3. The van der Waals surface area contributed by atoms with Crippen molar-refractivity contribution in [1.82, 2.24) is 20.1 Å². The van der Waals surface area contributed by atoms with Crippen molar-refractivity contribution in [2.24, 2.45) is 0 Å². The average molecular weight is 466 g/mol. The molecule has 3 rings (SSSR count). The number of amides is 3. The maximum Gasteiger partial charge on any atom is 0.410 e. The highest BCUT2D eigenvalue weighted by Crippen LogP contribution is 2.27. The first-order valence-electron chi connectivity index (χ1n) is 9.64. The molecule has 0 unspecified atom stereocenters. The van der Waals surface area contributed by atoms with E-state index in [9.17, 15) is 27.9 Å². The molecule has 13 heteroatoms. The Morgan fingerprint density at radius 3 is 2.42 bits per heavy atom. The molecule has 10 nitrogen and oxygen atoms in total. The van der Waals surface area contributed by atoms with Crippen molar-refractivity contribution in [2.45, 2.75) is 38.5 Å². The molecule has 0 saturated carbocycles. The maximum absolute atomic E-state index is 13.2. The van der Waals surface area contributed by atoms with Crippen molar-refractivity contribution in [2.75, 3.05) is 10.6 Å². The van der Waals surface area contributed by atoms with E-state index in [4.69, 9.17) is 5.11 Å². The molecular formula is C20H21F3N6O4. The van der Waals surface area contributed by atoms with E-state index >= 15 is 0 Å². The van der Waals surface area contributed by atoms with Gasteiger partial charge in [0, 0.05) is 12.3 Å². The number of carbonyl (C=O) groups excluding carboxylic acids is 1. The van der Waals surface area contributed by atoms with Crippen molar-refractivity contribution in [3.8, 4) is 0 Å². The highest BCUT2D eigenvalue weighted by Gasteiger charge is 2.30. The Bertz CT molecular complexity index is 1160. The lowest BCUT2D eigenvalue weighted by atomic mass is 9.92. The molecule has 0 fully saturated rings. The van der Waals surface area contributed by atoms with Gasteiger partial charge in [-0.1, -0.05) is 12.1 Å². The Labute approximate surface area is 185 Å². The second-order valence-electron chi connectivity index (χ2n) is 7.68. The Morgan fingerprint density at radius 2 is 1.85 bits per heavy atom. The lowest BCUT2D eigenvalue weighted by Crippen LogP contribution is -2.44. The molecule has 1 aromatic carbocycles. The molecule has 33 heavy (non-hydrogen) atoms. The molecule has 0 aliphatic carbocycles. The summed E-state index contributed by atoms with van der Waals surface area (Å²) < 4.78 is 40.0. The highest BCUT2D eigenvalue weighted by molar-refractivity contribution is 5.98. The molecule has 3 amide bonds. The summed E-state index contributed by atoms with van der Waals surface area (Å²) in [6.07, 6.45) is -3.01. The zero-order valence-electron chi connectivity index (χ0n) is 17.5. The third kappa shape index (κ3) is 5.88. The summed E-state index contributed by atoms with van der Waals surface area (Å²) in [6.45, 7) is 2.12. The number of halogens is 3. The quantitative estimate of drug-likeness (QED) is 0.361. The van der Waals surface area contributed by atoms with E-state index in [1.807, 2.05) is 5.32 Å². The molecule has 0 radical (unpaired) electrons. The van der Waals surface area contributed by atoms with Crippen LogP contribution in [0.3, 0.4) is 0 Å². The number of carboxylic acid groups (broad SMARTS) is 1. The number of anilines is 2. The second-order valence-corrected chi connectivity index (χ2v) is 7.68. The molecule has 1 atom stereocenters. The van der Waals surface area contributed by atoms with Crippen LogP contribution in [0.5, 0.6) is 0 Å². The van der Waals surface area contributed by atoms with Crippen LogP contribution in [0.15, 0.2) is 36.5 Å². The zero-order valence-corrected chi connectivity index (χ0v) is 17.5. The van der Waals surface area contributed by atoms with Crippen LogP contribution in [0.1, 0.15) is 25.5 Å². The first-order valence-corrected chi connectivity index (χ1v) is 9.64. The SMILES string of the molecule is CC(C)(O)[C@@H](NC(=O)Nc1cc2c(cn1)c(NC(=O)O)nn2CC(F)F)c1ccc(F)cc1. The summed E-state index contributed by atoms with van der Waals surface area (Å²) in [4.78, 5) is 27.5. The van der Waals surface area contributed by atoms with Crippen LogP contribution >= 0.6 is 0 Å². The number of aliphatic hydroxyl groups is 1. The summed E-state index contributed by atoms with van der Waals surface area (Å²) in [5, 5.41) is 30.4. The second kappa shape index (κ2) is 9.32. The number of hydrogen-bond acceptors (Lipinski definition) is 5. The minimum Gasteiger partial charge on any atom is -0.465 e. The van der Waals surface area contributed by atoms with Crippen LogP contribution in [0.25, 0.3) is 10.9 Å². The molecule has 176 valence electrons. The normalized spacial score (nSPS) is 12.6. The smallest absolute Gasteiger partial charge is 0.410 e. The van der Waals surface area contributed by atoms with Crippen LogP contribution in [-0.4, -0.2) is 49.1 Å². The molecule has 0 aliphatic rings. The van der Waals surface area contributed by atoms with Gasteiger partial charge in [0.1, 0.15) is 18.2 Å². The predicted molar refractivity (Wildman–Crippen MR) is 113 cm³/mol. The Balaban J connectivity index is 1.86. The number of urea groups is 1. The Morgan fingerprint density at radius 1 is 1.18 bits per heavy atom. The van der Waals surface area contributed by atoms with E-state index in [1.165, 1.54) is 50.4 Å². The fraction of sp³-hybridized carbons (Fsp3) is 0.300. The molecular weight excluding hydrogens is 445 g/mol. The minimum absolute atomic E-state index is 0.0362. The Kier molecular flexibility index (Phi) is 6.72. The summed E-state index contributed by atoms with van der Waals surface area (Å²) in [6, 6.07) is 4.78. The highest BCUT2D eigenvalue weighted by atomic mass is 19.3. The van der Waals surface area contributed by atoms with Crippen molar-refractivity contribution in [3.05, 3.63) is 47.9 Å². The van der Waals surface area contributed by atoms with E-state index in [-0.39, 0.29) is 22.5 Å². The van der Waals surface area contributed by atoms with Gasteiger partial charge in [-0.15, -0.1) is 0 Å². The predicted octanol–water partition coefficient (Wildman–Crippen LogP) is 3.56. The van der Waals surface area contributed by atoms with Crippen LogP contribution in [0, 0.1) is 5.82 Å². The minimum atomic E-state index is -2.76. The number of aromatic nitrogens is 3. The lowest BCUT2D eigenvalue weighted by Gasteiger charge is -2.30. The number of fused-ring (bicyclic) bond motifs is 1. The number of rotatable bonds is 7. The molecule has 0 saturated heterocycles.